The van der Waals surface area contributed by atoms with Crippen LogP contribution < -0.4 is 10.0 Å². The van der Waals surface area contributed by atoms with Crippen LogP contribution in [0, 0.1) is 0 Å². The lowest BCUT2D eigenvalue weighted by Gasteiger charge is -2.28. The van der Waals surface area contributed by atoms with Crippen molar-refractivity contribution in [3.63, 3.8) is 0 Å². The Bertz CT molecular complexity index is 335. The molecule has 0 radical (unpaired) electrons. The maximum atomic E-state index is 10.5. The molecular formula is C4H10N6O3S. The van der Waals surface area contributed by atoms with Crippen LogP contribution in [0.1, 0.15) is 0 Å². The van der Waals surface area contributed by atoms with Crippen molar-refractivity contribution in [1.82, 2.24) is 15.0 Å². The molecule has 14 heavy (non-hydrogen) atoms. The first-order valence-corrected chi connectivity index (χ1v) is 5.24. The fraction of sp³-hybridized carbons (Fsp3) is 1.00. The average molecular weight is 222 g/mol. The van der Waals surface area contributed by atoms with Crippen molar-refractivity contribution in [3.8, 4) is 0 Å². The van der Waals surface area contributed by atoms with Gasteiger partial charge in [0.2, 0.25) is 0 Å². The highest BCUT2D eigenvalue weighted by atomic mass is 32.2. The molecule has 0 aromatic rings. The molecule has 80 valence electrons. The van der Waals surface area contributed by atoms with E-state index in [1.807, 2.05) is 4.72 Å². The highest BCUT2D eigenvalue weighted by Crippen LogP contribution is 2.01. The largest absolute Gasteiger partial charge is 0.336 e. The second-order valence-corrected chi connectivity index (χ2v) is 3.84. The van der Waals surface area contributed by atoms with E-state index in [9.17, 15) is 8.42 Å². The quantitative estimate of drug-likeness (QED) is 0.240. The lowest BCUT2D eigenvalue weighted by Crippen LogP contribution is -2.56. The zero-order valence-electron chi connectivity index (χ0n) is 7.16. The minimum absolute atomic E-state index is 0.263. The summed E-state index contributed by atoms with van der Waals surface area (Å²) < 4.78 is 31.5. The van der Waals surface area contributed by atoms with Crippen molar-refractivity contribution in [2.75, 3.05) is 19.6 Å². The third-order valence-electron chi connectivity index (χ3n) is 1.65. The number of hydrogen-bond acceptors (Lipinski definition) is 4. The van der Waals surface area contributed by atoms with Gasteiger partial charge in [-0.15, -0.1) is 10.3 Å². The molecule has 0 saturated carbocycles. The Hall–Kier alpha value is -1.06. The Balaban J connectivity index is 2.68. The lowest BCUT2D eigenvalue weighted by atomic mass is 10.4. The molecule has 0 spiro atoms. The van der Waals surface area contributed by atoms with Crippen LogP contribution in [0.5, 0.6) is 0 Å². The predicted octanol–water partition coefficient (Wildman–Crippen LogP) is -1.16. The summed E-state index contributed by atoms with van der Waals surface area (Å²) in [5.74, 6) is 0. The molecule has 0 aromatic carbocycles. The molecule has 1 saturated heterocycles. The Morgan fingerprint density at radius 1 is 1.71 bits per heavy atom. The fourth-order valence-corrected chi connectivity index (χ4v) is 1.68. The Labute approximate surface area is 80.6 Å². The van der Waals surface area contributed by atoms with Crippen LogP contribution >= 0.6 is 0 Å². The van der Waals surface area contributed by atoms with Gasteiger partial charge < -0.3 is 5.32 Å². The van der Waals surface area contributed by atoms with Crippen LogP contribution in [-0.2, 0) is 10.3 Å². The smallest absolute Gasteiger partial charge is 0.308 e. The van der Waals surface area contributed by atoms with Gasteiger partial charge in [0.05, 0.1) is 6.54 Å². The van der Waals surface area contributed by atoms with Gasteiger partial charge in [-0.2, -0.15) is 13.3 Å². The van der Waals surface area contributed by atoms with Crippen molar-refractivity contribution in [2.24, 2.45) is 5.22 Å². The SMILES string of the molecule is [N-]=[N+]=NN1CCNCC1NS(=O)(=O)O. The summed E-state index contributed by atoms with van der Waals surface area (Å²) in [7, 11) is -4.29. The second-order valence-electron chi connectivity index (χ2n) is 2.65. The number of nitrogens with one attached hydrogen (secondary N) is 2. The normalized spacial score (nSPS) is 22.9. The fourth-order valence-electron chi connectivity index (χ4n) is 1.13. The van der Waals surface area contributed by atoms with Crippen molar-refractivity contribution >= 4 is 10.3 Å². The van der Waals surface area contributed by atoms with Crippen LogP contribution in [0.25, 0.3) is 10.4 Å². The molecule has 1 rings (SSSR count). The van der Waals surface area contributed by atoms with Crippen molar-refractivity contribution in [2.45, 2.75) is 6.17 Å². The van der Waals surface area contributed by atoms with Crippen LogP contribution in [0.2, 0.25) is 0 Å². The molecule has 0 bridgehead atoms. The van der Waals surface area contributed by atoms with Crippen LogP contribution in [0.15, 0.2) is 5.22 Å². The van der Waals surface area contributed by atoms with Gasteiger partial charge in [-0.05, 0) is 5.22 Å². The number of rotatable bonds is 3. The molecule has 3 N–H and O–H groups in total. The van der Waals surface area contributed by atoms with Gasteiger partial charge in [-0.1, -0.05) is 0 Å². The molecule has 10 heteroatoms. The van der Waals surface area contributed by atoms with E-state index in [-0.39, 0.29) is 6.54 Å². The summed E-state index contributed by atoms with van der Waals surface area (Å²) in [5.41, 5.74) is 8.19. The first-order chi connectivity index (χ1) is 6.53. The molecule has 1 atom stereocenters. The summed E-state index contributed by atoms with van der Waals surface area (Å²) >= 11 is 0. The van der Waals surface area contributed by atoms with Gasteiger partial charge >= 0.3 is 10.3 Å². The van der Waals surface area contributed by atoms with E-state index >= 15 is 0 Å². The summed E-state index contributed by atoms with van der Waals surface area (Å²) in [6.07, 6.45) is -0.755. The minimum Gasteiger partial charge on any atom is -0.308 e. The standard InChI is InChI=1S/C4H10N6O3S/c5-8-9-10-2-1-6-3-4(10)7-14(11,12)13/h4,6-7H,1-3H2,(H,11,12,13). The molecule has 1 heterocycles. The Morgan fingerprint density at radius 3 is 3.00 bits per heavy atom. The second kappa shape index (κ2) is 4.44. The predicted molar refractivity (Wildman–Crippen MR) is 47.2 cm³/mol. The Morgan fingerprint density at radius 2 is 2.43 bits per heavy atom. The number of hydrogen-bond donors (Lipinski definition) is 3. The van der Waals surface area contributed by atoms with E-state index in [0.29, 0.717) is 13.1 Å². The first kappa shape index (κ1) is 11.0. The Kier molecular flexibility index (Phi) is 3.49. The molecule has 0 amide bonds. The topological polar surface area (TPSA) is 130 Å². The highest BCUT2D eigenvalue weighted by molar-refractivity contribution is 7.83. The van der Waals surface area contributed by atoms with E-state index < -0.39 is 16.5 Å². The number of azide groups is 1. The molecule has 1 unspecified atom stereocenters. The van der Waals surface area contributed by atoms with Crippen LogP contribution in [0.4, 0.5) is 0 Å². The zero-order chi connectivity index (χ0) is 10.6. The highest BCUT2D eigenvalue weighted by Gasteiger charge is 2.27. The van der Waals surface area contributed by atoms with Gasteiger partial charge in [0.1, 0.15) is 6.54 Å². The van der Waals surface area contributed by atoms with E-state index in [4.69, 9.17) is 10.1 Å². The summed E-state index contributed by atoms with van der Waals surface area (Å²) in [5, 5.41) is 7.38. The van der Waals surface area contributed by atoms with E-state index in [1.54, 1.807) is 0 Å². The molecule has 0 aliphatic carbocycles. The van der Waals surface area contributed by atoms with E-state index in [1.165, 1.54) is 5.01 Å². The lowest BCUT2D eigenvalue weighted by molar-refractivity contribution is 0.152. The van der Waals surface area contributed by atoms with Crippen molar-refractivity contribution in [3.05, 3.63) is 10.4 Å². The summed E-state index contributed by atoms with van der Waals surface area (Å²) in [6, 6.07) is 0. The third kappa shape index (κ3) is 3.36. The molecule has 0 aromatic heterocycles. The van der Waals surface area contributed by atoms with Crippen LogP contribution in [-0.4, -0.2) is 43.8 Å². The summed E-state index contributed by atoms with van der Waals surface area (Å²) in [4.78, 5) is 2.55. The maximum Gasteiger partial charge on any atom is 0.336 e. The van der Waals surface area contributed by atoms with Crippen LogP contribution in [0.3, 0.4) is 0 Å². The van der Waals surface area contributed by atoms with Gasteiger partial charge in [0.25, 0.3) is 0 Å². The van der Waals surface area contributed by atoms with E-state index in [2.05, 4.69) is 15.5 Å². The number of piperazine rings is 1. The summed E-state index contributed by atoms with van der Waals surface area (Å²) in [6.45, 7) is 1.22. The minimum atomic E-state index is -4.29. The van der Waals surface area contributed by atoms with Gasteiger partial charge in [0, 0.05) is 6.54 Å². The molecule has 9 nitrogen and oxygen atoms in total. The third-order valence-corrected chi connectivity index (χ3v) is 2.22. The molecule has 1 aliphatic rings. The van der Waals surface area contributed by atoms with E-state index in [0.717, 1.165) is 0 Å². The first-order valence-electron chi connectivity index (χ1n) is 3.80. The maximum absolute atomic E-state index is 10.5. The van der Waals surface area contributed by atoms with Crippen molar-refractivity contribution < 1.29 is 13.0 Å². The number of nitrogens with zero attached hydrogens (tertiary/aromatic N) is 4. The van der Waals surface area contributed by atoms with Gasteiger partial charge in [0.15, 0.2) is 6.17 Å². The van der Waals surface area contributed by atoms with Crippen molar-refractivity contribution in [1.29, 1.82) is 0 Å². The van der Waals surface area contributed by atoms with Gasteiger partial charge in [-0.3, -0.25) is 4.55 Å². The van der Waals surface area contributed by atoms with Gasteiger partial charge in [-0.25, -0.2) is 5.01 Å². The molecular weight excluding hydrogens is 212 g/mol. The zero-order valence-corrected chi connectivity index (χ0v) is 7.98. The molecule has 1 fully saturated rings. The monoisotopic (exact) mass is 222 g/mol. The average Bonchev–Trinajstić information content (AvgIpc) is 2.06. The molecule has 1 aliphatic heterocycles.